The number of carbonyl (C=O) groups is 2. The van der Waals surface area contributed by atoms with E-state index in [9.17, 15) is 14.7 Å². The van der Waals surface area contributed by atoms with Gasteiger partial charge in [0.15, 0.2) is 0 Å². The van der Waals surface area contributed by atoms with Crippen LogP contribution in [0.4, 0.5) is 5.69 Å². The van der Waals surface area contributed by atoms with Gasteiger partial charge < -0.3 is 10.0 Å². The first-order valence-electron chi connectivity index (χ1n) is 9.29. The van der Waals surface area contributed by atoms with E-state index in [0.29, 0.717) is 6.54 Å². The lowest BCUT2D eigenvalue weighted by atomic mass is 9.94. The van der Waals surface area contributed by atoms with Crippen molar-refractivity contribution in [2.45, 2.75) is 26.3 Å². The molecule has 1 atom stereocenters. The average Bonchev–Trinajstić information content (AvgIpc) is 3.04. The molecule has 140 valence electrons. The van der Waals surface area contributed by atoms with Crippen LogP contribution in [0.2, 0.25) is 0 Å². The normalized spacial score (nSPS) is 14.1. The number of benzene rings is 3. The molecule has 1 amide bonds. The molecule has 28 heavy (non-hydrogen) atoms. The van der Waals surface area contributed by atoms with Crippen LogP contribution in [0.3, 0.4) is 0 Å². The number of hydrogen-bond acceptors (Lipinski definition) is 2. The highest BCUT2D eigenvalue weighted by Crippen LogP contribution is 2.38. The first kappa shape index (κ1) is 18.0. The van der Waals surface area contributed by atoms with Gasteiger partial charge in [-0.25, -0.2) is 0 Å². The van der Waals surface area contributed by atoms with Gasteiger partial charge in [0, 0.05) is 11.1 Å². The molecule has 1 unspecified atom stereocenters. The van der Waals surface area contributed by atoms with Gasteiger partial charge in [-0.1, -0.05) is 54.1 Å². The second-order valence-electron chi connectivity index (χ2n) is 7.25. The van der Waals surface area contributed by atoms with Gasteiger partial charge in [0.1, 0.15) is 0 Å². The number of rotatable bonds is 4. The van der Waals surface area contributed by atoms with Crippen LogP contribution in [0.25, 0.3) is 11.1 Å². The maximum atomic E-state index is 13.0. The Morgan fingerprint density at radius 3 is 2.39 bits per heavy atom. The Morgan fingerprint density at radius 1 is 1.00 bits per heavy atom. The third kappa shape index (κ3) is 3.07. The van der Waals surface area contributed by atoms with Gasteiger partial charge in [0.2, 0.25) is 0 Å². The summed E-state index contributed by atoms with van der Waals surface area (Å²) in [5, 5.41) is 9.41. The highest BCUT2D eigenvalue weighted by Gasteiger charge is 2.30. The summed E-state index contributed by atoms with van der Waals surface area (Å²) in [7, 11) is 0. The van der Waals surface area contributed by atoms with E-state index in [1.807, 2.05) is 73.7 Å². The Bertz CT molecular complexity index is 1070. The van der Waals surface area contributed by atoms with E-state index in [1.165, 1.54) is 0 Å². The molecule has 1 aliphatic heterocycles. The molecule has 0 aromatic heterocycles. The van der Waals surface area contributed by atoms with Gasteiger partial charge in [0.05, 0.1) is 18.2 Å². The quantitative estimate of drug-likeness (QED) is 0.701. The van der Waals surface area contributed by atoms with E-state index >= 15 is 0 Å². The number of fused-ring (bicyclic) bond motifs is 1. The Balaban J connectivity index is 1.84. The summed E-state index contributed by atoms with van der Waals surface area (Å²) in [5.74, 6) is -1.51. The van der Waals surface area contributed by atoms with Crippen LogP contribution < -0.4 is 4.90 Å². The van der Waals surface area contributed by atoms with Crippen molar-refractivity contribution < 1.29 is 14.7 Å². The van der Waals surface area contributed by atoms with Gasteiger partial charge in [-0.3, -0.25) is 9.59 Å². The monoisotopic (exact) mass is 371 g/mol. The fourth-order valence-corrected chi connectivity index (χ4v) is 3.61. The van der Waals surface area contributed by atoms with E-state index in [0.717, 1.165) is 39.1 Å². The molecule has 0 bridgehead atoms. The van der Waals surface area contributed by atoms with Crippen LogP contribution >= 0.6 is 0 Å². The molecule has 4 nitrogen and oxygen atoms in total. The number of amides is 1. The maximum absolute atomic E-state index is 13.0. The molecule has 1 aliphatic rings. The SMILES string of the molecule is Cc1ccc(-c2cc(C(C)C(=O)O)ccc2N2Cc3ccccc3C2=O)cc1. The summed E-state index contributed by atoms with van der Waals surface area (Å²) in [5.41, 5.74) is 6.22. The molecular formula is C24H21NO3. The van der Waals surface area contributed by atoms with E-state index in [1.54, 1.807) is 11.8 Å². The third-order valence-corrected chi connectivity index (χ3v) is 5.37. The van der Waals surface area contributed by atoms with Crippen LogP contribution in [0.1, 0.15) is 39.9 Å². The van der Waals surface area contributed by atoms with Crippen molar-refractivity contribution >= 4 is 17.6 Å². The molecule has 1 N–H and O–H groups in total. The van der Waals surface area contributed by atoms with Gasteiger partial charge in [0.25, 0.3) is 5.91 Å². The van der Waals surface area contributed by atoms with E-state index in [-0.39, 0.29) is 5.91 Å². The van der Waals surface area contributed by atoms with Gasteiger partial charge in [-0.2, -0.15) is 0 Å². The second-order valence-corrected chi connectivity index (χ2v) is 7.25. The molecule has 1 heterocycles. The van der Waals surface area contributed by atoms with Crippen molar-refractivity contribution in [2.24, 2.45) is 0 Å². The lowest BCUT2D eigenvalue weighted by Gasteiger charge is -2.22. The Hall–Kier alpha value is -3.40. The smallest absolute Gasteiger partial charge is 0.310 e. The first-order chi connectivity index (χ1) is 13.5. The molecular weight excluding hydrogens is 350 g/mol. The largest absolute Gasteiger partial charge is 0.481 e. The van der Waals surface area contributed by atoms with Crippen molar-refractivity contribution in [1.29, 1.82) is 0 Å². The Kier molecular flexibility index (Phi) is 4.47. The number of carboxylic acids is 1. The van der Waals surface area contributed by atoms with Crippen molar-refractivity contribution in [3.05, 3.63) is 89.0 Å². The fraction of sp³-hybridized carbons (Fsp3) is 0.167. The predicted octanol–water partition coefficient (Wildman–Crippen LogP) is 5.01. The summed E-state index contributed by atoms with van der Waals surface area (Å²) >= 11 is 0. The topological polar surface area (TPSA) is 57.6 Å². The average molecular weight is 371 g/mol. The van der Waals surface area contributed by atoms with Crippen molar-refractivity contribution in [2.75, 3.05) is 4.90 Å². The molecule has 0 saturated heterocycles. The van der Waals surface area contributed by atoms with E-state index < -0.39 is 11.9 Å². The van der Waals surface area contributed by atoms with Gasteiger partial charge in [-0.15, -0.1) is 0 Å². The zero-order valence-corrected chi connectivity index (χ0v) is 15.8. The summed E-state index contributed by atoms with van der Waals surface area (Å²) in [6.07, 6.45) is 0. The summed E-state index contributed by atoms with van der Waals surface area (Å²) < 4.78 is 0. The molecule has 4 heteroatoms. The number of aryl methyl sites for hydroxylation is 1. The highest BCUT2D eigenvalue weighted by molar-refractivity contribution is 6.11. The number of nitrogens with zero attached hydrogens (tertiary/aromatic N) is 1. The molecule has 0 radical (unpaired) electrons. The number of aliphatic carboxylic acids is 1. The van der Waals surface area contributed by atoms with Gasteiger partial charge in [-0.05, 0) is 48.7 Å². The minimum atomic E-state index is -0.868. The molecule has 0 spiro atoms. The molecule has 4 rings (SSSR count). The van der Waals surface area contributed by atoms with Crippen LogP contribution in [-0.2, 0) is 11.3 Å². The first-order valence-corrected chi connectivity index (χ1v) is 9.29. The van der Waals surface area contributed by atoms with Crippen molar-refractivity contribution in [1.82, 2.24) is 0 Å². The molecule has 0 fully saturated rings. The van der Waals surface area contributed by atoms with Crippen molar-refractivity contribution in [3.8, 4) is 11.1 Å². The summed E-state index contributed by atoms with van der Waals surface area (Å²) in [6, 6.07) is 21.3. The van der Waals surface area contributed by atoms with Crippen LogP contribution in [0, 0.1) is 6.92 Å². The lowest BCUT2D eigenvalue weighted by molar-refractivity contribution is -0.138. The number of anilines is 1. The van der Waals surface area contributed by atoms with Crippen molar-refractivity contribution in [3.63, 3.8) is 0 Å². The second kappa shape index (κ2) is 6.97. The van der Waals surface area contributed by atoms with Crippen LogP contribution in [0.15, 0.2) is 66.7 Å². The summed E-state index contributed by atoms with van der Waals surface area (Å²) in [6.45, 7) is 4.21. The zero-order valence-electron chi connectivity index (χ0n) is 15.8. The number of carboxylic acid groups (broad SMARTS) is 1. The molecule has 0 saturated carbocycles. The zero-order chi connectivity index (χ0) is 19.8. The number of carbonyl (C=O) groups excluding carboxylic acids is 1. The Morgan fingerprint density at radius 2 is 1.71 bits per heavy atom. The minimum Gasteiger partial charge on any atom is -0.481 e. The molecule has 3 aromatic carbocycles. The standard InChI is InChI=1S/C24H21NO3/c1-15-7-9-17(10-8-15)21-13-18(16(2)24(27)28)11-12-22(21)25-14-19-5-3-4-6-20(19)23(25)26/h3-13,16H,14H2,1-2H3,(H,27,28). The fourth-order valence-electron chi connectivity index (χ4n) is 3.61. The highest BCUT2D eigenvalue weighted by atomic mass is 16.4. The van der Waals surface area contributed by atoms with E-state index in [4.69, 9.17) is 0 Å². The minimum absolute atomic E-state index is 0.0250. The van der Waals surface area contributed by atoms with Gasteiger partial charge >= 0.3 is 5.97 Å². The number of hydrogen-bond donors (Lipinski definition) is 1. The predicted molar refractivity (Wildman–Crippen MR) is 110 cm³/mol. The summed E-state index contributed by atoms with van der Waals surface area (Å²) in [4.78, 5) is 26.2. The maximum Gasteiger partial charge on any atom is 0.310 e. The Labute approximate surface area is 164 Å². The molecule has 3 aromatic rings. The lowest BCUT2D eigenvalue weighted by Crippen LogP contribution is -2.24. The van der Waals surface area contributed by atoms with Crippen LogP contribution in [-0.4, -0.2) is 17.0 Å². The van der Waals surface area contributed by atoms with E-state index in [2.05, 4.69) is 0 Å². The van der Waals surface area contributed by atoms with Crippen LogP contribution in [0.5, 0.6) is 0 Å². The third-order valence-electron chi connectivity index (χ3n) is 5.37. The molecule has 0 aliphatic carbocycles.